The monoisotopic (exact) mass is 438 g/mol. The normalized spacial score (nSPS) is 14.0. The van der Waals surface area contributed by atoms with Gasteiger partial charge in [-0.3, -0.25) is 9.59 Å². The Kier molecular flexibility index (Phi) is 9.94. The van der Waals surface area contributed by atoms with E-state index < -0.39 is 54.1 Å². The number of carboxylic acid groups (broad SMARTS) is 1. The lowest BCUT2D eigenvalue weighted by Gasteiger charge is -2.25. The summed E-state index contributed by atoms with van der Waals surface area (Å²) in [5.74, 6) is -2.89. The minimum atomic E-state index is -1.41. The van der Waals surface area contributed by atoms with Crippen molar-refractivity contribution in [2.24, 2.45) is 0 Å². The maximum atomic E-state index is 12.7. The average Bonchev–Trinajstić information content (AvgIpc) is 2.66. The van der Waals surface area contributed by atoms with Crippen molar-refractivity contribution in [3.05, 3.63) is 35.9 Å². The summed E-state index contributed by atoms with van der Waals surface area (Å²) in [6, 6.07) is 6.13. The molecule has 0 aliphatic heterocycles. The van der Waals surface area contributed by atoms with Crippen LogP contribution in [-0.2, 0) is 30.5 Å². The van der Waals surface area contributed by atoms with Crippen LogP contribution in [0.5, 0.6) is 0 Å². The van der Waals surface area contributed by atoms with Crippen molar-refractivity contribution in [2.75, 3.05) is 0 Å². The highest BCUT2D eigenvalue weighted by atomic mass is 16.6. The van der Waals surface area contributed by atoms with Crippen molar-refractivity contribution in [3.8, 4) is 0 Å². The van der Waals surface area contributed by atoms with Crippen molar-refractivity contribution in [3.63, 3.8) is 0 Å². The molecule has 0 bridgehead atoms. The van der Waals surface area contributed by atoms with E-state index in [1.165, 1.54) is 6.92 Å². The Bertz CT molecular complexity index is 758. The molecule has 4 N–H and O–H groups in total. The lowest BCUT2D eigenvalue weighted by atomic mass is 10.1. The second-order valence-corrected chi connectivity index (χ2v) is 7.95. The summed E-state index contributed by atoms with van der Waals surface area (Å²) in [5.41, 5.74) is -0.112. The number of amides is 2. The van der Waals surface area contributed by atoms with Gasteiger partial charge in [0, 0.05) is 6.42 Å². The molecular formula is C21H30N2O8. The third-order valence-corrected chi connectivity index (χ3v) is 3.91. The van der Waals surface area contributed by atoms with Gasteiger partial charge in [0.15, 0.2) is 6.04 Å². The number of aliphatic hydroxyl groups excluding tert-OH is 1. The molecule has 2 amide bonds. The SMILES string of the molecule is CC(O)[C@H](NC(=O)[C@H](CCC(=O)O)NC(=O)OC(C)(C)C)C(=O)OCc1ccccc1. The third-order valence-electron chi connectivity index (χ3n) is 3.91. The molecule has 10 heteroatoms. The Morgan fingerprint density at radius 3 is 2.19 bits per heavy atom. The molecule has 0 saturated carbocycles. The number of ether oxygens (including phenoxy) is 2. The molecule has 10 nitrogen and oxygen atoms in total. The fourth-order valence-electron chi connectivity index (χ4n) is 2.44. The maximum absolute atomic E-state index is 12.7. The van der Waals surface area contributed by atoms with E-state index in [9.17, 15) is 24.3 Å². The Balaban J connectivity index is 2.82. The molecule has 0 radical (unpaired) electrons. The first-order valence-corrected chi connectivity index (χ1v) is 9.79. The minimum Gasteiger partial charge on any atom is -0.481 e. The number of carbonyl (C=O) groups excluding carboxylic acids is 3. The number of rotatable bonds is 10. The highest BCUT2D eigenvalue weighted by Gasteiger charge is 2.32. The van der Waals surface area contributed by atoms with Gasteiger partial charge in [0.1, 0.15) is 18.2 Å². The smallest absolute Gasteiger partial charge is 0.408 e. The van der Waals surface area contributed by atoms with Gasteiger partial charge < -0.3 is 30.3 Å². The Labute approximate surface area is 180 Å². The Morgan fingerprint density at radius 1 is 1.06 bits per heavy atom. The number of alkyl carbamates (subject to hydrolysis) is 1. The molecule has 0 aromatic heterocycles. The molecule has 0 heterocycles. The van der Waals surface area contributed by atoms with Gasteiger partial charge in [-0.2, -0.15) is 0 Å². The predicted molar refractivity (Wildman–Crippen MR) is 110 cm³/mol. The number of hydrogen-bond donors (Lipinski definition) is 4. The summed E-state index contributed by atoms with van der Waals surface area (Å²) in [5, 5.41) is 23.5. The highest BCUT2D eigenvalue weighted by molar-refractivity contribution is 5.90. The van der Waals surface area contributed by atoms with Crippen LogP contribution in [0.25, 0.3) is 0 Å². The summed E-state index contributed by atoms with van der Waals surface area (Å²) in [6.07, 6.45) is -2.87. The summed E-state index contributed by atoms with van der Waals surface area (Å²) in [4.78, 5) is 48.0. The van der Waals surface area contributed by atoms with Gasteiger partial charge in [-0.05, 0) is 39.7 Å². The van der Waals surface area contributed by atoms with E-state index in [0.717, 1.165) is 5.56 Å². The van der Waals surface area contributed by atoms with Crippen LogP contribution in [0.2, 0.25) is 0 Å². The van der Waals surface area contributed by atoms with Gasteiger partial charge in [0.05, 0.1) is 6.10 Å². The largest absolute Gasteiger partial charge is 0.481 e. The Morgan fingerprint density at radius 2 is 1.68 bits per heavy atom. The quantitative estimate of drug-likeness (QED) is 0.400. The maximum Gasteiger partial charge on any atom is 0.408 e. The zero-order valence-corrected chi connectivity index (χ0v) is 18.1. The molecule has 0 spiro atoms. The van der Waals surface area contributed by atoms with E-state index in [0.29, 0.717) is 0 Å². The molecule has 1 unspecified atom stereocenters. The number of carboxylic acids is 1. The molecule has 0 saturated heterocycles. The Hall–Kier alpha value is -3.14. The summed E-state index contributed by atoms with van der Waals surface area (Å²) < 4.78 is 10.3. The van der Waals surface area contributed by atoms with Gasteiger partial charge in [-0.15, -0.1) is 0 Å². The zero-order valence-electron chi connectivity index (χ0n) is 18.1. The van der Waals surface area contributed by atoms with Gasteiger partial charge in [-0.1, -0.05) is 30.3 Å². The molecule has 1 aromatic carbocycles. The zero-order chi connectivity index (χ0) is 23.6. The van der Waals surface area contributed by atoms with Crippen LogP contribution in [0.1, 0.15) is 46.1 Å². The minimum absolute atomic E-state index is 0.0582. The van der Waals surface area contributed by atoms with Crippen molar-refractivity contribution in [2.45, 2.75) is 70.9 Å². The van der Waals surface area contributed by atoms with Crippen LogP contribution in [0, 0.1) is 0 Å². The van der Waals surface area contributed by atoms with Gasteiger partial charge in [0.25, 0.3) is 0 Å². The summed E-state index contributed by atoms with van der Waals surface area (Å²) >= 11 is 0. The first kappa shape index (κ1) is 25.9. The van der Waals surface area contributed by atoms with Gasteiger partial charge in [0.2, 0.25) is 5.91 Å². The number of benzene rings is 1. The van der Waals surface area contributed by atoms with E-state index >= 15 is 0 Å². The van der Waals surface area contributed by atoms with E-state index in [1.807, 2.05) is 0 Å². The molecule has 172 valence electrons. The van der Waals surface area contributed by atoms with Gasteiger partial charge in [-0.25, -0.2) is 9.59 Å². The first-order chi connectivity index (χ1) is 14.4. The molecule has 1 rings (SSSR count). The van der Waals surface area contributed by atoms with E-state index in [4.69, 9.17) is 14.6 Å². The van der Waals surface area contributed by atoms with Crippen molar-refractivity contribution >= 4 is 23.9 Å². The topological polar surface area (TPSA) is 151 Å². The molecule has 31 heavy (non-hydrogen) atoms. The van der Waals surface area contributed by atoms with Crippen LogP contribution in [0.4, 0.5) is 4.79 Å². The second kappa shape index (κ2) is 11.9. The molecule has 0 aliphatic rings. The summed E-state index contributed by atoms with van der Waals surface area (Å²) in [6.45, 7) is 6.13. The molecule has 1 aromatic rings. The second-order valence-electron chi connectivity index (χ2n) is 7.95. The molecule has 0 fully saturated rings. The number of nitrogens with one attached hydrogen (secondary N) is 2. The molecular weight excluding hydrogens is 408 g/mol. The van der Waals surface area contributed by atoms with E-state index in [2.05, 4.69) is 10.6 Å². The lowest BCUT2D eigenvalue weighted by Crippen LogP contribution is -2.55. The number of aliphatic carboxylic acids is 1. The van der Waals surface area contributed by atoms with Crippen LogP contribution in [0.15, 0.2) is 30.3 Å². The number of aliphatic hydroxyl groups is 1. The van der Waals surface area contributed by atoms with Crippen molar-refractivity contribution in [1.82, 2.24) is 10.6 Å². The van der Waals surface area contributed by atoms with Crippen LogP contribution >= 0.6 is 0 Å². The predicted octanol–water partition coefficient (Wildman–Crippen LogP) is 1.35. The van der Waals surface area contributed by atoms with Crippen LogP contribution in [-0.4, -0.2) is 57.9 Å². The average molecular weight is 438 g/mol. The number of esters is 1. The first-order valence-electron chi connectivity index (χ1n) is 9.79. The number of hydrogen-bond acceptors (Lipinski definition) is 7. The number of carbonyl (C=O) groups is 4. The fraction of sp³-hybridized carbons (Fsp3) is 0.524. The van der Waals surface area contributed by atoms with Crippen LogP contribution < -0.4 is 10.6 Å². The van der Waals surface area contributed by atoms with E-state index in [1.54, 1.807) is 51.1 Å². The molecule has 3 atom stereocenters. The fourth-order valence-corrected chi connectivity index (χ4v) is 2.44. The van der Waals surface area contributed by atoms with Crippen LogP contribution in [0.3, 0.4) is 0 Å². The lowest BCUT2D eigenvalue weighted by molar-refractivity contribution is -0.152. The summed E-state index contributed by atoms with van der Waals surface area (Å²) in [7, 11) is 0. The van der Waals surface area contributed by atoms with Gasteiger partial charge >= 0.3 is 18.0 Å². The van der Waals surface area contributed by atoms with E-state index in [-0.39, 0.29) is 13.0 Å². The van der Waals surface area contributed by atoms with Crippen molar-refractivity contribution < 1.29 is 38.9 Å². The third kappa shape index (κ3) is 10.4. The highest BCUT2D eigenvalue weighted by Crippen LogP contribution is 2.09. The van der Waals surface area contributed by atoms with Crippen molar-refractivity contribution in [1.29, 1.82) is 0 Å². The standard InChI is InChI=1S/C21H30N2O8/c1-13(24)17(19(28)30-12-14-8-6-5-7-9-14)23-18(27)15(10-11-16(25)26)22-20(29)31-21(2,3)4/h5-9,13,15,17,24H,10-12H2,1-4H3,(H,22,29)(H,23,27)(H,25,26)/t13?,15-,17-/m0/s1. The molecule has 0 aliphatic carbocycles.